The van der Waals surface area contributed by atoms with Gasteiger partial charge in [-0.15, -0.1) is 0 Å². The number of fused-ring (bicyclic) bond motifs is 1. The predicted molar refractivity (Wildman–Crippen MR) is 112 cm³/mol. The maximum atomic E-state index is 4.88. The van der Waals surface area contributed by atoms with Gasteiger partial charge in [-0.25, -0.2) is 4.98 Å². The molecule has 0 saturated carbocycles. The SMILES string of the molecule is Cc1cccc(-c2n[nH]cc2-c2ccc3ncc(-c4c(C)n[nH]c4C)cc3n2)n1. The van der Waals surface area contributed by atoms with Gasteiger partial charge in [0.05, 0.1) is 28.1 Å². The Kier molecular flexibility index (Phi) is 3.94. The third kappa shape index (κ3) is 2.97. The number of nitrogens with zero attached hydrogens (tertiary/aromatic N) is 5. The molecule has 0 aliphatic rings. The van der Waals surface area contributed by atoms with E-state index in [1.807, 2.05) is 63.5 Å². The van der Waals surface area contributed by atoms with Crippen molar-refractivity contribution in [3.8, 4) is 33.8 Å². The largest absolute Gasteiger partial charge is 0.284 e. The normalized spacial score (nSPS) is 11.3. The fourth-order valence-electron chi connectivity index (χ4n) is 3.62. The van der Waals surface area contributed by atoms with E-state index >= 15 is 0 Å². The Bertz CT molecular complexity index is 1330. The number of rotatable bonds is 3. The standard InChI is InChI=1S/C22H19N7/c1-12-5-4-6-19(25-12)22-16(11-24-29-22)17-7-8-18-20(26-17)9-15(10-23-18)21-13(2)27-28-14(21)3/h4-11H,1-3H3,(H,24,29)(H,27,28). The lowest BCUT2D eigenvalue weighted by Gasteiger charge is -2.06. The van der Waals surface area contributed by atoms with Gasteiger partial charge < -0.3 is 0 Å². The Balaban J connectivity index is 1.63. The van der Waals surface area contributed by atoms with Gasteiger partial charge in [0, 0.05) is 40.5 Å². The lowest BCUT2D eigenvalue weighted by Crippen LogP contribution is -1.92. The minimum absolute atomic E-state index is 0.784. The molecule has 0 atom stereocenters. The first-order valence-corrected chi connectivity index (χ1v) is 9.37. The van der Waals surface area contributed by atoms with Crippen LogP contribution >= 0.6 is 0 Å². The van der Waals surface area contributed by atoms with E-state index in [0.29, 0.717) is 0 Å². The Morgan fingerprint density at radius 2 is 1.76 bits per heavy atom. The number of H-pyrrole nitrogens is 2. The average molecular weight is 381 g/mol. The van der Waals surface area contributed by atoms with Gasteiger partial charge in [0.15, 0.2) is 0 Å². The van der Waals surface area contributed by atoms with Gasteiger partial charge >= 0.3 is 0 Å². The second-order valence-corrected chi connectivity index (χ2v) is 7.08. The fourth-order valence-corrected chi connectivity index (χ4v) is 3.62. The third-order valence-corrected chi connectivity index (χ3v) is 5.00. The second kappa shape index (κ2) is 6.63. The molecular weight excluding hydrogens is 362 g/mol. The molecule has 0 amide bonds. The van der Waals surface area contributed by atoms with Crippen LogP contribution < -0.4 is 0 Å². The van der Waals surface area contributed by atoms with E-state index in [1.54, 1.807) is 0 Å². The zero-order chi connectivity index (χ0) is 20.0. The fraction of sp³-hybridized carbons (Fsp3) is 0.136. The van der Waals surface area contributed by atoms with E-state index in [4.69, 9.17) is 4.98 Å². The van der Waals surface area contributed by atoms with E-state index in [2.05, 4.69) is 36.4 Å². The third-order valence-electron chi connectivity index (χ3n) is 5.00. The molecule has 0 aromatic carbocycles. The molecular formula is C22H19N7. The average Bonchev–Trinajstić information content (AvgIpc) is 3.34. The van der Waals surface area contributed by atoms with Crippen LogP contribution in [0.3, 0.4) is 0 Å². The molecule has 29 heavy (non-hydrogen) atoms. The van der Waals surface area contributed by atoms with E-state index in [0.717, 1.165) is 61.9 Å². The van der Waals surface area contributed by atoms with Crippen LogP contribution in [0.5, 0.6) is 0 Å². The van der Waals surface area contributed by atoms with Crippen molar-refractivity contribution < 1.29 is 0 Å². The highest BCUT2D eigenvalue weighted by molar-refractivity contribution is 5.85. The van der Waals surface area contributed by atoms with Crippen LogP contribution in [0.4, 0.5) is 0 Å². The quantitative estimate of drug-likeness (QED) is 0.483. The summed E-state index contributed by atoms with van der Waals surface area (Å²) < 4.78 is 0. The molecule has 0 aliphatic carbocycles. The van der Waals surface area contributed by atoms with Gasteiger partial charge in [-0.3, -0.25) is 20.2 Å². The minimum atomic E-state index is 0.784. The van der Waals surface area contributed by atoms with Crippen LogP contribution in [0.1, 0.15) is 17.1 Å². The van der Waals surface area contributed by atoms with Crippen molar-refractivity contribution in [2.45, 2.75) is 20.8 Å². The number of aromatic amines is 2. The van der Waals surface area contributed by atoms with Crippen molar-refractivity contribution in [3.05, 3.63) is 65.9 Å². The van der Waals surface area contributed by atoms with Crippen molar-refractivity contribution in [3.63, 3.8) is 0 Å². The monoisotopic (exact) mass is 381 g/mol. The van der Waals surface area contributed by atoms with Crippen LogP contribution in [0.2, 0.25) is 0 Å². The zero-order valence-electron chi connectivity index (χ0n) is 16.4. The Labute approximate surface area is 167 Å². The smallest absolute Gasteiger partial charge is 0.120 e. The molecule has 0 unspecified atom stereocenters. The van der Waals surface area contributed by atoms with Gasteiger partial charge in [-0.05, 0) is 51.1 Å². The van der Waals surface area contributed by atoms with E-state index in [9.17, 15) is 0 Å². The van der Waals surface area contributed by atoms with E-state index in [-0.39, 0.29) is 0 Å². The zero-order valence-corrected chi connectivity index (χ0v) is 16.4. The van der Waals surface area contributed by atoms with Crippen molar-refractivity contribution in [1.82, 2.24) is 35.3 Å². The number of aromatic nitrogens is 7. The first-order chi connectivity index (χ1) is 14.1. The molecule has 0 bridgehead atoms. The molecule has 0 aliphatic heterocycles. The summed E-state index contributed by atoms with van der Waals surface area (Å²) >= 11 is 0. The Hall–Kier alpha value is -3.87. The maximum Gasteiger partial charge on any atom is 0.120 e. The molecule has 0 radical (unpaired) electrons. The molecule has 7 heteroatoms. The predicted octanol–water partition coefficient (Wildman–Crippen LogP) is 4.40. The summed E-state index contributed by atoms with van der Waals surface area (Å²) in [4.78, 5) is 14.1. The highest BCUT2D eigenvalue weighted by Crippen LogP contribution is 2.31. The number of hydrogen-bond donors (Lipinski definition) is 2. The van der Waals surface area contributed by atoms with Crippen molar-refractivity contribution in [2.24, 2.45) is 0 Å². The summed E-state index contributed by atoms with van der Waals surface area (Å²) in [5, 5.41) is 14.7. The summed E-state index contributed by atoms with van der Waals surface area (Å²) in [6.07, 6.45) is 3.73. The van der Waals surface area contributed by atoms with Crippen LogP contribution in [-0.4, -0.2) is 35.3 Å². The molecule has 5 aromatic heterocycles. The van der Waals surface area contributed by atoms with Gasteiger partial charge in [0.1, 0.15) is 5.69 Å². The van der Waals surface area contributed by atoms with Gasteiger partial charge in [0.25, 0.3) is 0 Å². The van der Waals surface area contributed by atoms with Crippen LogP contribution in [0, 0.1) is 20.8 Å². The summed E-state index contributed by atoms with van der Waals surface area (Å²) in [6.45, 7) is 5.96. The summed E-state index contributed by atoms with van der Waals surface area (Å²) in [5.74, 6) is 0. The number of pyridine rings is 3. The van der Waals surface area contributed by atoms with Gasteiger partial charge in [-0.2, -0.15) is 10.2 Å². The Morgan fingerprint density at radius 3 is 2.55 bits per heavy atom. The molecule has 0 saturated heterocycles. The maximum absolute atomic E-state index is 4.88. The molecule has 5 heterocycles. The highest BCUT2D eigenvalue weighted by atomic mass is 15.1. The molecule has 5 rings (SSSR count). The molecule has 2 N–H and O–H groups in total. The Morgan fingerprint density at radius 1 is 0.862 bits per heavy atom. The first kappa shape index (κ1) is 17.2. The number of aryl methyl sites for hydroxylation is 3. The summed E-state index contributed by atoms with van der Waals surface area (Å²) in [5.41, 5.74) is 9.98. The summed E-state index contributed by atoms with van der Waals surface area (Å²) in [7, 11) is 0. The van der Waals surface area contributed by atoms with Crippen molar-refractivity contribution in [2.75, 3.05) is 0 Å². The molecule has 142 valence electrons. The van der Waals surface area contributed by atoms with Crippen molar-refractivity contribution in [1.29, 1.82) is 0 Å². The van der Waals surface area contributed by atoms with Crippen LogP contribution in [0.15, 0.2) is 48.8 Å². The summed E-state index contributed by atoms with van der Waals surface area (Å²) in [6, 6.07) is 11.9. The van der Waals surface area contributed by atoms with E-state index < -0.39 is 0 Å². The minimum Gasteiger partial charge on any atom is -0.284 e. The number of nitrogens with one attached hydrogen (secondary N) is 2. The number of hydrogen-bond acceptors (Lipinski definition) is 5. The van der Waals surface area contributed by atoms with Gasteiger partial charge in [-0.1, -0.05) is 6.07 Å². The van der Waals surface area contributed by atoms with Gasteiger partial charge in [0.2, 0.25) is 0 Å². The van der Waals surface area contributed by atoms with E-state index in [1.165, 1.54) is 0 Å². The molecule has 0 spiro atoms. The van der Waals surface area contributed by atoms with Crippen LogP contribution in [-0.2, 0) is 0 Å². The lowest BCUT2D eigenvalue weighted by atomic mass is 10.0. The topological polar surface area (TPSA) is 96.0 Å². The lowest BCUT2D eigenvalue weighted by molar-refractivity contribution is 1.02. The second-order valence-electron chi connectivity index (χ2n) is 7.08. The van der Waals surface area contributed by atoms with Crippen molar-refractivity contribution >= 4 is 11.0 Å². The van der Waals surface area contributed by atoms with Crippen LogP contribution in [0.25, 0.3) is 44.8 Å². The molecule has 0 fully saturated rings. The highest BCUT2D eigenvalue weighted by Gasteiger charge is 2.15. The molecule has 7 nitrogen and oxygen atoms in total. The molecule has 5 aromatic rings. The first-order valence-electron chi connectivity index (χ1n) is 9.37.